The SMILES string of the molecule is Cc1cc(C)c(-c2cc3c4c(c2)N(c2ccc5c(c2)C(C)(C)CCC5(C)C)c2c(sc5ccc(C(C)(C)C)cc25)B4c2ccc(N(c4ccccc4)c4ccccc4)cc2N3c2ccc(C(C)(C)C)cc2)c(C)c1. The minimum absolute atomic E-state index is 0.00559. The van der Waals surface area contributed by atoms with E-state index >= 15 is 0 Å². The molecule has 1 aromatic heterocycles. The number of hydrogen-bond donors (Lipinski definition) is 0. The van der Waals surface area contributed by atoms with Gasteiger partial charge in [-0.25, -0.2) is 0 Å². The molecule has 8 aromatic carbocycles. The van der Waals surface area contributed by atoms with Crippen molar-refractivity contribution < 1.29 is 0 Å². The van der Waals surface area contributed by atoms with Crippen molar-refractivity contribution in [2.24, 2.45) is 0 Å². The van der Waals surface area contributed by atoms with Crippen LogP contribution in [0.2, 0.25) is 0 Å². The zero-order valence-electron chi connectivity index (χ0n) is 45.8. The third-order valence-electron chi connectivity index (χ3n) is 16.9. The number of nitrogens with zero attached hydrogens (tertiary/aromatic N) is 3. The van der Waals surface area contributed by atoms with Crippen LogP contribution in [0.1, 0.15) is 121 Å². The monoisotopic (exact) mass is 984 g/mol. The van der Waals surface area contributed by atoms with Gasteiger partial charge in [-0.15, -0.1) is 11.3 Å². The minimum Gasteiger partial charge on any atom is -0.311 e. The Kier molecular flexibility index (Phi) is 11.1. The molecule has 9 aromatic rings. The number of para-hydroxylation sites is 2. The number of hydrogen-bond acceptors (Lipinski definition) is 4. The second kappa shape index (κ2) is 17.1. The van der Waals surface area contributed by atoms with Gasteiger partial charge in [0.2, 0.25) is 0 Å². The van der Waals surface area contributed by atoms with Crippen LogP contribution in [0.25, 0.3) is 21.2 Å². The molecule has 0 saturated carbocycles. The Morgan fingerprint density at radius 3 is 1.69 bits per heavy atom. The molecule has 0 radical (unpaired) electrons. The van der Waals surface area contributed by atoms with Gasteiger partial charge in [-0.05, 0) is 196 Å². The topological polar surface area (TPSA) is 9.72 Å². The van der Waals surface area contributed by atoms with Crippen LogP contribution in [0.15, 0.2) is 164 Å². The maximum atomic E-state index is 2.71. The van der Waals surface area contributed by atoms with Crippen LogP contribution >= 0.6 is 11.3 Å². The Labute approximate surface area is 445 Å². The molecule has 0 N–H and O–H groups in total. The first kappa shape index (κ1) is 48.1. The van der Waals surface area contributed by atoms with Gasteiger partial charge < -0.3 is 14.7 Å². The van der Waals surface area contributed by atoms with Crippen molar-refractivity contribution in [3.05, 3.63) is 203 Å². The van der Waals surface area contributed by atoms with Gasteiger partial charge in [0.15, 0.2) is 0 Å². The molecule has 0 atom stereocenters. The Morgan fingerprint density at radius 2 is 1.08 bits per heavy atom. The van der Waals surface area contributed by atoms with Gasteiger partial charge in [-0.1, -0.05) is 154 Å². The Hall–Kier alpha value is -6.82. The Bertz CT molecular complexity index is 3620. The standard InChI is InChI=1S/C69H70BN3S/c1-43-36-44(2)62(45(3)37-43)46-38-59-63-60(39-46)73(52-29-31-55-56(41-52)69(12,13)35-34-68(55,10)11)64-54-40-48(67(7,8)9)26-33-61(54)74-65(64)70(63)57-32-30-53(71(49-20-16-14-17-21-49)50-22-18-15-19-23-50)42-58(57)72(59)51-27-24-47(25-28-51)66(4,5)6/h14-33,36-42H,34-35H2,1-13H3. The lowest BCUT2D eigenvalue weighted by atomic mass is 9.36. The Morgan fingerprint density at radius 1 is 0.514 bits per heavy atom. The second-order valence-electron chi connectivity index (χ2n) is 25.1. The molecule has 370 valence electrons. The molecule has 12 rings (SSSR count). The largest absolute Gasteiger partial charge is 0.311 e. The molecular formula is C69H70BN3S. The maximum absolute atomic E-state index is 2.71. The summed E-state index contributed by atoms with van der Waals surface area (Å²) in [4.78, 5) is 7.74. The van der Waals surface area contributed by atoms with Gasteiger partial charge in [0.1, 0.15) is 0 Å². The van der Waals surface area contributed by atoms with E-state index < -0.39 is 0 Å². The van der Waals surface area contributed by atoms with Crippen molar-refractivity contribution in [2.75, 3.05) is 14.7 Å². The first-order valence-corrected chi connectivity index (χ1v) is 27.7. The van der Waals surface area contributed by atoms with E-state index in [1.165, 1.54) is 111 Å². The lowest BCUT2D eigenvalue weighted by Crippen LogP contribution is -2.60. The molecule has 0 unspecified atom stereocenters. The summed E-state index contributed by atoms with van der Waals surface area (Å²) in [5.41, 5.74) is 25.6. The van der Waals surface area contributed by atoms with Crippen molar-refractivity contribution in [3.8, 4) is 11.1 Å². The number of fused-ring (bicyclic) bond motifs is 7. The summed E-state index contributed by atoms with van der Waals surface area (Å²) in [5.74, 6) is 0. The molecule has 0 spiro atoms. The van der Waals surface area contributed by atoms with E-state index in [1.807, 2.05) is 11.3 Å². The maximum Gasteiger partial charge on any atom is 0.264 e. The molecule has 5 heteroatoms. The van der Waals surface area contributed by atoms with E-state index in [0.29, 0.717) is 0 Å². The average molecular weight is 984 g/mol. The van der Waals surface area contributed by atoms with E-state index in [4.69, 9.17) is 0 Å². The Balaban J connectivity index is 1.22. The molecule has 2 aliphatic heterocycles. The zero-order valence-corrected chi connectivity index (χ0v) is 46.6. The van der Waals surface area contributed by atoms with Crippen LogP contribution in [0.3, 0.4) is 0 Å². The highest BCUT2D eigenvalue weighted by molar-refractivity contribution is 7.33. The molecule has 0 bridgehead atoms. The van der Waals surface area contributed by atoms with Gasteiger partial charge in [0.25, 0.3) is 6.71 Å². The predicted octanol–water partition coefficient (Wildman–Crippen LogP) is 18.0. The predicted molar refractivity (Wildman–Crippen MR) is 323 cm³/mol. The fraction of sp³-hybridized carbons (Fsp3) is 0.275. The van der Waals surface area contributed by atoms with Gasteiger partial charge in [-0.2, -0.15) is 0 Å². The highest BCUT2D eigenvalue weighted by Crippen LogP contribution is 2.53. The third-order valence-corrected chi connectivity index (χ3v) is 18.1. The van der Waals surface area contributed by atoms with Crippen LogP contribution in [0, 0.1) is 20.8 Å². The van der Waals surface area contributed by atoms with Gasteiger partial charge in [0.05, 0.1) is 5.69 Å². The van der Waals surface area contributed by atoms with Crippen LogP contribution in [0.4, 0.5) is 51.2 Å². The summed E-state index contributed by atoms with van der Waals surface area (Å²) in [7, 11) is 0. The van der Waals surface area contributed by atoms with Crippen LogP contribution in [-0.2, 0) is 21.7 Å². The number of rotatable bonds is 6. The van der Waals surface area contributed by atoms with Crippen molar-refractivity contribution in [3.63, 3.8) is 0 Å². The van der Waals surface area contributed by atoms with Gasteiger partial charge in [0, 0.05) is 60.4 Å². The van der Waals surface area contributed by atoms with E-state index in [0.717, 1.165) is 29.2 Å². The number of anilines is 9. The van der Waals surface area contributed by atoms with E-state index in [1.54, 1.807) is 0 Å². The molecule has 3 nitrogen and oxygen atoms in total. The van der Waals surface area contributed by atoms with Crippen molar-refractivity contribution in [1.82, 2.24) is 0 Å². The fourth-order valence-corrected chi connectivity index (χ4v) is 14.1. The van der Waals surface area contributed by atoms with E-state index in [-0.39, 0.29) is 28.4 Å². The lowest BCUT2D eigenvalue weighted by molar-refractivity contribution is 0.332. The quantitative estimate of drug-likeness (QED) is 0.154. The van der Waals surface area contributed by atoms with Crippen LogP contribution in [-0.4, -0.2) is 6.71 Å². The van der Waals surface area contributed by atoms with Gasteiger partial charge in [-0.3, -0.25) is 0 Å². The zero-order chi connectivity index (χ0) is 51.8. The average Bonchev–Trinajstić information content (AvgIpc) is 3.84. The summed E-state index contributed by atoms with van der Waals surface area (Å²) in [6, 6.07) is 63.2. The lowest BCUT2D eigenvalue weighted by Gasteiger charge is -2.45. The van der Waals surface area contributed by atoms with Crippen molar-refractivity contribution >= 4 is 95.0 Å². The van der Waals surface area contributed by atoms with Crippen LogP contribution in [0.5, 0.6) is 0 Å². The summed E-state index contributed by atoms with van der Waals surface area (Å²) in [6.07, 6.45) is 2.34. The van der Waals surface area contributed by atoms with Gasteiger partial charge >= 0.3 is 0 Å². The molecule has 0 fully saturated rings. The second-order valence-corrected chi connectivity index (χ2v) is 26.2. The first-order valence-electron chi connectivity index (χ1n) is 26.9. The van der Waals surface area contributed by atoms with E-state index in [2.05, 4.69) is 269 Å². The minimum atomic E-state index is -0.0277. The smallest absolute Gasteiger partial charge is 0.264 e. The van der Waals surface area contributed by atoms with Crippen molar-refractivity contribution in [2.45, 2.75) is 125 Å². The number of benzene rings is 8. The highest BCUT2D eigenvalue weighted by Gasteiger charge is 2.47. The summed E-state index contributed by atoms with van der Waals surface area (Å²) in [5, 5.41) is 1.33. The first-order chi connectivity index (χ1) is 35.2. The molecule has 0 saturated heterocycles. The molecule has 3 heterocycles. The summed E-state index contributed by atoms with van der Waals surface area (Å²) < 4.78 is 2.72. The fourth-order valence-electron chi connectivity index (χ4n) is 12.8. The number of aryl methyl sites for hydroxylation is 3. The molecular weight excluding hydrogens is 914 g/mol. The van der Waals surface area contributed by atoms with Crippen LogP contribution < -0.4 is 30.4 Å². The third kappa shape index (κ3) is 7.83. The normalized spacial score (nSPS) is 15.4. The summed E-state index contributed by atoms with van der Waals surface area (Å²) >= 11 is 1.99. The molecule has 0 amide bonds. The summed E-state index contributed by atoms with van der Waals surface area (Å²) in [6.45, 7) is 30.6. The highest BCUT2D eigenvalue weighted by atomic mass is 32.1. The van der Waals surface area contributed by atoms with E-state index in [9.17, 15) is 0 Å². The molecule has 1 aliphatic carbocycles. The number of thiophene rings is 1. The molecule has 3 aliphatic rings. The van der Waals surface area contributed by atoms with Crippen molar-refractivity contribution in [1.29, 1.82) is 0 Å². The molecule has 74 heavy (non-hydrogen) atoms.